The molecule has 0 aliphatic carbocycles. The quantitative estimate of drug-likeness (QED) is 0.686. The average molecular weight is 351 g/mol. The monoisotopic (exact) mass is 351 g/mol. The Morgan fingerprint density at radius 1 is 1.12 bits per heavy atom. The largest absolute Gasteiger partial charge is 0.478 e. The molecule has 0 saturated carbocycles. The van der Waals surface area contributed by atoms with Gasteiger partial charge in [0.05, 0.1) is 18.5 Å². The molecule has 3 aromatic rings. The number of aromatic nitrogens is 3. The zero-order chi connectivity index (χ0) is 18.2. The van der Waals surface area contributed by atoms with Crippen LogP contribution in [-0.2, 0) is 13.1 Å². The molecule has 2 N–H and O–H groups in total. The molecule has 1 aromatic carbocycles. The van der Waals surface area contributed by atoms with Gasteiger partial charge in [-0.1, -0.05) is 18.2 Å². The molecule has 134 valence electrons. The number of pyridine rings is 1. The van der Waals surface area contributed by atoms with Crippen LogP contribution in [0.4, 0.5) is 4.79 Å². The Kier molecular flexibility index (Phi) is 5.82. The van der Waals surface area contributed by atoms with E-state index in [0.717, 1.165) is 16.8 Å². The lowest BCUT2D eigenvalue weighted by atomic mass is 10.2. The lowest BCUT2D eigenvalue weighted by Gasteiger charge is -2.08. The summed E-state index contributed by atoms with van der Waals surface area (Å²) in [7, 11) is 0. The first kappa shape index (κ1) is 17.5. The Morgan fingerprint density at radius 2 is 1.88 bits per heavy atom. The summed E-state index contributed by atoms with van der Waals surface area (Å²) < 4.78 is 7.13. The van der Waals surface area contributed by atoms with Crippen molar-refractivity contribution >= 4 is 6.03 Å². The highest BCUT2D eigenvalue weighted by molar-refractivity contribution is 5.73. The van der Waals surface area contributed by atoms with Crippen LogP contribution in [0.15, 0.2) is 61.1 Å². The van der Waals surface area contributed by atoms with Gasteiger partial charge in [-0.2, -0.15) is 5.10 Å². The van der Waals surface area contributed by atoms with Crippen LogP contribution >= 0.6 is 0 Å². The van der Waals surface area contributed by atoms with Crippen LogP contribution in [0.5, 0.6) is 5.88 Å². The second kappa shape index (κ2) is 8.66. The van der Waals surface area contributed by atoms with Crippen LogP contribution in [0.2, 0.25) is 0 Å². The van der Waals surface area contributed by atoms with Crippen LogP contribution in [0.25, 0.3) is 5.69 Å². The molecular formula is C19H21N5O2. The third-order valence-corrected chi connectivity index (χ3v) is 3.65. The molecule has 2 aromatic heterocycles. The van der Waals surface area contributed by atoms with E-state index < -0.39 is 0 Å². The van der Waals surface area contributed by atoms with Crippen molar-refractivity contribution in [2.45, 2.75) is 20.0 Å². The maximum absolute atomic E-state index is 12.0. The minimum absolute atomic E-state index is 0.243. The summed E-state index contributed by atoms with van der Waals surface area (Å²) >= 11 is 0. The third kappa shape index (κ3) is 4.83. The van der Waals surface area contributed by atoms with Crippen molar-refractivity contribution in [2.24, 2.45) is 0 Å². The van der Waals surface area contributed by atoms with Crippen molar-refractivity contribution in [1.82, 2.24) is 25.4 Å². The van der Waals surface area contributed by atoms with E-state index in [4.69, 9.17) is 4.74 Å². The van der Waals surface area contributed by atoms with Crippen LogP contribution in [0, 0.1) is 0 Å². The van der Waals surface area contributed by atoms with Crippen molar-refractivity contribution in [2.75, 3.05) is 6.61 Å². The van der Waals surface area contributed by atoms with Gasteiger partial charge >= 0.3 is 6.03 Å². The highest BCUT2D eigenvalue weighted by Crippen LogP contribution is 2.09. The van der Waals surface area contributed by atoms with Gasteiger partial charge in [-0.3, -0.25) is 0 Å². The molecule has 26 heavy (non-hydrogen) atoms. The first-order valence-electron chi connectivity index (χ1n) is 8.43. The zero-order valence-corrected chi connectivity index (χ0v) is 14.6. The maximum Gasteiger partial charge on any atom is 0.315 e. The summed E-state index contributed by atoms with van der Waals surface area (Å²) in [5.41, 5.74) is 2.83. The molecular weight excluding hydrogens is 330 g/mol. The fourth-order valence-electron chi connectivity index (χ4n) is 2.39. The smallest absolute Gasteiger partial charge is 0.315 e. The van der Waals surface area contributed by atoms with Gasteiger partial charge in [0.25, 0.3) is 0 Å². The summed E-state index contributed by atoms with van der Waals surface area (Å²) in [5.74, 6) is 0.556. The summed E-state index contributed by atoms with van der Waals surface area (Å²) in [5, 5.41) is 9.95. The molecule has 0 aliphatic heterocycles. The molecule has 2 amide bonds. The van der Waals surface area contributed by atoms with Gasteiger partial charge in [0, 0.05) is 37.1 Å². The number of nitrogens with zero attached hydrogens (tertiary/aromatic N) is 3. The normalized spacial score (nSPS) is 10.3. The van der Waals surface area contributed by atoms with Crippen molar-refractivity contribution in [3.05, 3.63) is 72.2 Å². The van der Waals surface area contributed by atoms with Gasteiger partial charge < -0.3 is 15.4 Å². The number of ether oxygens (including phenoxy) is 1. The van der Waals surface area contributed by atoms with E-state index in [-0.39, 0.29) is 6.03 Å². The molecule has 0 radical (unpaired) electrons. The number of para-hydroxylation sites is 1. The minimum atomic E-state index is -0.243. The van der Waals surface area contributed by atoms with Gasteiger partial charge in [-0.05, 0) is 30.7 Å². The van der Waals surface area contributed by atoms with Gasteiger partial charge in [-0.15, -0.1) is 0 Å². The number of nitrogens with one attached hydrogen (secondary N) is 2. The Labute approximate surface area is 152 Å². The van der Waals surface area contributed by atoms with Gasteiger partial charge in [0.2, 0.25) is 5.88 Å². The minimum Gasteiger partial charge on any atom is -0.478 e. The molecule has 0 unspecified atom stereocenters. The predicted octanol–water partition coefficient (Wildman–Crippen LogP) is 2.67. The van der Waals surface area contributed by atoms with Crippen molar-refractivity contribution < 1.29 is 9.53 Å². The summed E-state index contributed by atoms with van der Waals surface area (Å²) in [6.45, 7) is 3.26. The summed E-state index contributed by atoms with van der Waals surface area (Å²) in [6, 6.07) is 13.2. The topological polar surface area (TPSA) is 81.1 Å². The van der Waals surface area contributed by atoms with Crippen LogP contribution in [0.3, 0.4) is 0 Å². The van der Waals surface area contributed by atoms with E-state index in [1.807, 2.05) is 55.6 Å². The van der Waals surface area contributed by atoms with E-state index in [2.05, 4.69) is 20.7 Å². The van der Waals surface area contributed by atoms with Gasteiger partial charge in [0.1, 0.15) is 0 Å². The summed E-state index contributed by atoms with van der Waals surface area (Å²) in [4.78, 5) is 16.1. The zero-order valence-electron chi connectivity index (χ0n) is 14.6. The predicted molar refractivity (Wildman–Crippen MR) is 98.0 cm³/mol. The molecule has 3 rings (SSSR count). The van der Waals surface area contributed by atoms with Crippen molar-refractivity contribution in [1.29, 1.82) is 0 Å². The molecule has 7 nitrogen and oxygen atoms in total. The Hall–Kier alpha value is -3.35. The molecule has 0 bridgehead atoms. The first-order chi connectivity index (χ1) is 12.7. The fourth-order valence-corrected chi connectivity index (χ4v) is 2.39. The van der Waals surface area contributed by atoms with Gasteiger partial charge in [-0.25, -0.2) is 14.5 Å². The maximum atomic E-state index is 12.0. The molecule has 7 heteroatoms. The van der Waals surface area contributed by atoms with E-state index in [0.29, 0.717) is 25.6 Å². The molecule has 0 spiro atoms. The Bertz CT molecular complexity index is 848. The number of carbonyl (C=O) groups excluding carboxylic acids is 1. The average Bonchev–Trinajstić information content (AvgIpc) is 3.15. The first-order valence-corrected chi connectivity index (χ1v) is 8.43. The van der Waals surface area contributed by atoms with Crippen LogP contribution in [0.1, 0.15) is 18.1 Å². The lowest BCUT2D eigenvalue weighted by Crippen LogP contribution is -2.34. The van der Waals surface area contributed by atoms with E-state index in [9.17, 15) is 4.79 Å². The van der Waals surface area contributed by atoms with Crippen molar-refractivity contribution in [3.8, 4) is 11.6 Å². The molecule has 2 heterocycles. The number of urea groups is 1. The Balaban J connectivity index is 1.47. The number of hydrogen-bond donors (Lipinski definition) is 2. The SMILES string of the molecule is CCOc1cc(CNC(=O)NCc2cnn(-c3ccccc3)c2)ccn1. The number of benzene rings is 1. The van der Waals surface area contributed by atoms with Gasteiger partial charge in [0.15, 0.2) is 0 Å². The molecule has 0 aliphatic rings. The summed E-state index contributed by atoms with van der Waals surface area (Å²) in [6.07, 6.45) is 5.30. The van der Waals surface area contributed by atoms with E-state index in [1.165, 1.54) is 0 Å². The molecule has 0 saturated heterocycles. The number of rotatable bonds is 7. The number of hydrogen-bond acceptors (Lipinski definition) is 4. The standard InChI is InChI=1S/C19H21N5O2/c1-2-26-18-10-15(8-9-20-18)11-21-19(25)22-12-16-13-23-24(14-16)17-6-4-3-5-7-17/h3-10,13-14H,2,11-12H2,1H3,(H2,21,22,25). The van der Waals surface area contributed by atoms with Crippen LogP contribution < -0.4 is 15.4 Å². The second-order valence-electron chi connectivity index (χ2n) is 5.60. The van der Waals surface area contributed by atoms with E-state index in [1.54, 1.807) is 17.1 Å². The highest BCUT2D eigenvalue weighted by Gasteiger charge is 2.05. The fraction of sp³-hybridized carbons (Fsp3) is 0.211. The number of carbonyl (C=O) groups is 1. The lowest BCUT2D eigenvalue weighted by molar-refractivity contribution is 0.240. The van der Waals surface area contributed by atoms with E-state index >= 15 is 0 Å². The van der Waals surface area contributed by atoms with Crippen LogP contribution in [-0.4, -0.2) is 27.4 Å². The highest BCUT2D eigenvalue weighted by atomic mass is 16.5. The molecule has 0 fully saturated rings. The third-order valence-electron chi connectivity index (χ3n) is 3.65. The second-order valence-corrected chi connectivity index (χ2v) is 5.60. The molecule has 0 atom stereocenters. The Morgan fingerprint density at radius 3 is 2.65 bits per heavy atom. The number of amides is 2. The van der Waals surface area contributed by atoms with Crippen molar-refractivity contribution in [3.63, 3.8) is 0 Å².